The average Bonchev–Trinajstić information content (AvgIpc) is 3.51. The fourth-order valence-corrected chi connectivity index (χ4v) is 5.81. The number of hydrogen-bond donors (Lipinski definition) is 4. The Labute approximate surface area is 306 Å². The molecule has 0 unspecified atom stereocenters. The van der Waals surface area contributed by atoms with Crippen molar-refractivity contribution < 1.29 is 24.2 Å². The van der Waals surface area contributed by atoms with Gasteiger partial charge in [-0.15, -0.1) is 10.2 Å². The molecule has 0 radical (unpaired) electrons. The summed E-state index contributed by atoms with van der Waals surface area (Å²) >= 11 is 0. The molecule has 0 saturated heterocycles. The predicted molar refractivity (Wildman–Crippen MR) is 202 cm³/mol. The molecule has 1 aliphatic carbocycles. The third-order valence-corrected chi connectivity index (χ3v) is 9.40. The van der Waals surface area contributed by atoms with Crippen LogP contribution < -0.4 is 25.6 Å². The summed E-state index contributed by atoms with van der Waals surface area (Å²) in [6.07, 6.45) is 3.16. The van der Waals surface area contributed by atoms with E-state index in [1.807, 2.05) is 81.9 Å². The SMILES string of the molecule is CCN(CC)c1nnc2ccc(O[C@@H]3CC[C@H](NC(=O)Nc4cc(C(=O)NCC(C)(C)N(C)C)nc(C(C)(C)C)c4)c4ccccc43)cn12.O=CO. The van der Waals surface area contributed by atoms with Crippen molar-refractivity contribution in [2.24, 2.45) is 0 Å². The largest absolute Gasteiger partial charge is 0.484 e. The Kier molecular flexibility index (Phi) is 12.8. The number of ether oxygens (including phenoxy) is 1. The summed E-state index contributed by atoms with van der Waals surface area (Å²) < 4.78 is 8.54. The zero-order chi connectivity index (χ0) is 38.2. The highest BCUT2D eigenvalue weighted by atomic mass is 16.5. The topological polar surface area (TPSA) is 166 Å². The van der Waals surface area contributed by atoms with E-state index in [1.54, 1.807) is 6.07 Å². The Morgan fingerprint density at radius 3 is 2.31 bits per heavy atom. The van der Waals surface area contributed by atoms with Gasteiger partial charge in [-0.2, -0.15) is 0 Å². The molecule has 280 valence electrons. The number of carbonyl (C=O) groups is 3. The summed E-state index contributed by atoms with van der Waals surface area (Å²) in [5.74, 6) is 1.22. The van der Waals surface area contributed by atoms with Crippen LogP contribution in [0.2, 0.25) is 0 Å². The van der Waals surface area contributed by atoms with Crippen LogP contribution in [-0.2, 0) is 10.2 Å². The molecule has 2 atom stereocenters. The molecule has 4 N–H and O–H groups in total. The second kappa shape index (κ2) is 16.9. The first-order valence-electron chi connectivity index (χ1n) is 17.6. The van der Waals surface area contributed by atoms with Gasteiger partial charge in [-0.3, -0.25) is 14.0 Å². The minimum Gasteiger partial charge on any atom is -0.484 e. The van der Waals surface area contributed by atoms with Crippen LogP contribution in [-0.4, -0.2) is 87.3 Å². The van der Waals surface area contributed by atoms with E-state index in [0.717, 1.165) is 41.6 Å². The molecule has 4 aromatic rings. The van der Waals surface area contributed by atoms with Crippen molar-refractivity contribution in [3.8, 4) is 5.75 Å². The van der Waals surface area contributed by atoms with E-state index in [4.69, 9.17) is 14.6 Å². The maximum atomic E-state index is 13.5. The number of amides is 3. The third-order valence-electron chi connectivity index (χ3n) is 9.40. The maximum absolute atomic E-state index is 13.5. The summed E-state index contributed by atoms with van der Waals surface area (Å²) in [6, 6.07) is 14.8. The molecule has 3 heterocycles. The molecule has 0 aliphatic heterocycles. The van der Waals surface area contributed by atoms with Gasteiger partial charge in [0, 0.05) is 42.0 Å². The molecule has 0 spiro atoms. The highest BCUT2D eigenvalue weighted by Gasteiger charge is 2.30. The van der Waals surface area contributed by atoms with Crippen LogP contribution in [0.1, 0.15) is 101 Å². The van der Waals surface area contributed by atoms with Crippen LogP contribution in [0.4, 0.5) is 16.4 Å². The Morgan fingerprint density at radius 1 is 1.00 bits per heavy atom. The van der Waals surface area contributed by atoms with Crippen LogP contribution in [0.3, 0.4) is 0 Å². The van der Waals surface area contributed by atoms with Crippen molar-refractivity contribution >= 4 is 35.7 Å². The van der Waals surface area contributed by atoms with Gasteiger partial charge >= 0.3 is 6.03 Å². The number of likely N-dealkylation sites (N-methyl/N-ethyl adjacent to an activating group) is 1. The zero-order valence-electron chi connectivity index (χ0n) is 31.7. The summed E-state index contributed by atoms with van der Waals surface area (Å²) in [4.78, 5) is 43.9. The Bertz CT molecular complexity index is 1850. The second-order valence-corrected chi connectivity index (χ2v) is 14.6. The summed E-state index contributed by atoms with van der Waals surface area (Å²) in [6.45, 7) is 16.2. The van der Waals surface area contributed by atoms with Gasteiger partial charge in [0.25, 0.3) is 12.4 Å². The summed E-state index contributed by atoms with van der Waals surface area (Å²) in [5.41, 5.74) is 3.70. The van der Waals surface area contributed by atoms with Crippen LogP contribution in [0.5, 0.6) is 5.75 Å². The highest BCUT2D eigenvalue weighted by molar-refractivity contribution is 5.95. The zero-order valence-corrected chi connectivity index (χ0v) is 31.7. The number of fused-ring (bicyclic) bond motifs is 2. The molecule has 5 rings (SSSR count). The van der Waals surface area contributed by atoms with Crippen LogP contribution in [0.15, 0.2) is 54.7 Å². The molecular weight excluding hydrogens is 662 g/mol. The van der Waals surface area contributed by atoms with E-state index in [1.165, 1.54) is 0 Å². The van der Waals surface area contributed by atoms with Gasteiger partial charge in [0.1, 0.15) is 17.5 Å². The molecule has 0 saturated carbocycles. The number of nitrogens with one attached hydrogen (secondary N) is 3. The van der Waals surface area contributed by atoms with E-state index in [0.29, 0.717) is 30.8 Å². The number of hydrogen-bond acceptors (Lipinski definition) is 9. The van der Waals surface area contributed by atoms with E-state index >= 15 is 0 Å². The number of aromatic nitrogens is 4. The van der Waals surface area contributed by atoms with Crippen molar-refractivity contribution in [1.82, 2.24) is 35.1 Å². The maximum Gasteiger partial charge on any atom is 0.319 e. The van der Waals surface area contributed by atoms with E-state index in [-0.39, 0.29) is 47.2 Å². The Balaban J connectivity index is 0.00000195. The lowest BCUT2D eigenvalue weighted by molar-refractivity contribution is -0.122. The molecule has 52 heavy (non-hydrogen) atoms. The van der Waals surface area contributed by atoms with Crippen LogP contribution in [0, 0.1) is 0 Å². The van der Waals surface area contributed by atoms with Crippen molar-refractivity contribution in [1.29, 1.82) is 0 Å². The molecule has 0 bridgehead atoms. The fourth-order valence-electron chi connectivity index (χ4n) is 5.81. The second-order valence-electron chi connectivity index (χ2n) is 14.6. The van der Waals surface area contributed by atoms with Gasteiger partial charge in [0.15, 0.2) is 5.65 Å². The van der Waals surface area contributed by atoms with Crippen molar-refractivity contribution in [3.05, 3.63) is 77.2 Å². The molecule has 14 nitrogen and oxygen atoms in total. The number of pyridine rings is 2. The van der Waals surface area contributed by atoms with E-state index < -0.39 is 0 Å². The number of rotatable bonds is 11. The molecule has 0 fully saturated rings. The lowest BCUT2D eigenvalue weighted by Gasteiger charge is -2.32. The first-order valence-corrected chi connectivity index (χ1v) is 17.6. The number of benzene rings is 1. The molecule has 3 aromatic heterocycles. The fraction of sp³-hybridized carbons (Fsp3) is 0.474. The molecule has 1 aromatic carbocycles. The van der Waals surface area contributed by atoms with Gasteiger partial charge in [-0.05, 0) is 90.0 Å². The quantitative estimate of drug-likeness (QED) is 0.139. The lowest BCUT2D eigenvalue weighted by Crippen LogP contribution is -2.48. The normalized spacial score (nSPS) is 15.6. The van der Waals surface area contributed by atoms with E-state index in [2.05, 4.69) is 74.7 Å². The minimum absolute atomic E-state index is 0.184. The van der Waals surface area contributed by atoms with Gasteiger partial charge in [-0.1, -0.05) is 45.0 Å². The number of anilines is 2. The molecular formula is C38H53N9O5. The molecule has 14 heteroatoms. The standard InChI is InChI=1S/C37H51N9O3.CH2O2/c1-10-45(11-2)35-43-42-32-19-16-25(22-46(32)35)49-30-18-17-28(26-14-12-13-15-27(26)30)41-34(48)39-24-20-29(40-31(21-24)36(3,4)5)33(47)38-23-37(6,7)44(8)9;2-1-3/h12-16,19-22,28,30H,10-11,17-18,23H2,1-9H3,(H,38,47)(H2,39,40,41,48);1H,(H,2,3)/t28-,30+;/m0./s1. The number of urea groups is 1. The first-order chi connectivity index (χ1) is 24.6. The number of carbonyl (C=O) groups excluding carboxylic acids is 2. The summed E-state index contributed by atoms with van der Waals surface area (Å²) in [5, 5.41) is 24.8. The first kappa shape index (κ1) is 39.5. The third kappa shape index (κ3) is 9.55. The van der Waals surface area contributed by atoms with Crippen molar-refractivity contribution in [2.75, 3.05) is 43.9 Å². The molecule has 1 aliphatic rings. The predicted octanol–water partition coefficient (Wildman–Crippen LogP) is 5.82. The monoisotopic (exact) mass is 715 g/mol. The number of carboxylic acid groups (broad SMARTS) is 1. The van der Waals surface area contributed by atoms with Gasteiger partial charge < -0.3 is 35.6 Å². The van der Waals surface area contributed by atoms with Gasteiger partial charge in [0.2, 0.25) is 5.95 Å². The Hall–Kier alpha value is -5.24. The van der Waals surface area contributed by atoms with Crippen LogP contribution in [0.25, 0.3) is 5.65 Å². The number of nitrogens with zero attached hydrogens (tertiary/aromatic N) is 6. The van der Waals surface area contributed by atoms with Gasteiger partial charge in [0.05, 0.1) is 12.2 Å². The van der Waals surface area contributed by atoms with E-state index in [9.17, 15) is 9.59 Å². The molecule has 3 amide bonds. The lowest BCUT2D eigenvalue weighted by atomic mass is 9.85. The Morgan fingerprint density at radius 2 is 1.67 bits per heavy atom. The van der Waals surface area contributed by atoms with Crippen molar-refractivity contribution in [2.45, 2.75) is 84.4 Å². The average molecular weight is 716 g/mol. The highest BCUT2D eigenvalue weighted by Crippen LogP contribution is 2.39. The van der Waals surface area contributed by atoms with Crippen molar-refractivity contribution in [3.63, 3.8) is 0 Å². The summed E-state index contributed by atoms with van der Waals surface area (Å²) in [7, 11) is 3.96. The minimum atomic E-state index is -0.354. The van der Waals surface area contributed by atoms with Crippen LogP contribution >= 0.6 is 0 Å². The smallest absolute Gasteiger partial charge is 0.319 e. The van der Waals surface area contributed by atoms with Gasteiger partial charge in [-0.25, -0.2) is 9.78 Å².